The van der Waals surface area contributed by atoms with E-state index in [0.717, 1.165) is 10.5 Å². The first kappa shape index (κ1) is 29.5. The molecule has 7 N–H and O–H groups in total. The second-order valence-corrected chi connectivity index (χ2v) is 8.67. The summed E-state index contributed by atoms with van der Waals surface area (Å²) in [6, 6.07) is 12.5. The Bertz CT molecular complexity index is 1170. The van der Waals surface area contributed by atoms with E-state index in [1.54, 1.807) is 54.6 Å². The van der Waals surface area contributed by atoms with Gasteiger partial charge in [0.15, 0.2) is 0 Å². The van der Waals surface area contributed by atoms with Crippen LogP contribution in [0.25, 0.3) is 0 Å². The Morgan fingerprint density at radius 1 is 0.921 bits per heavy atom. The molecule has 0 fully saturated rings. The van der Waals surface area contributed by atoms with Crippen molar-refractivity contribution >= 4 is 35.5 Å². The van der Waals surface area contributed by atoms with Gasteiger partial charge in [-0.3, -0.25) is 24.6 Å². The van der Waals surface area contributed by atoms with Gasteiger partial charge in [-0.25, -0.2) is 4.79 Å². The van der Waals surface area contributed by atoms with Crippen LogP contribution in [0.15, 0.2) is 54.6 Å². The van der Waals surface area contributed by atoms with Crippen molar-refractivity contribution in [3.63, 3.8) is 0 Å². The number of benzene rings is 2. The van der Waals surface area contributed by atoms with Gasteiger partial charge in [-0.1, -0.05) is 54.6 Å². The molecular weight excluding hydrogens is 494 g/mol. The topological polar surface area (TPSA) is 203 Å². The molecule has 3 amide bonds. The van der Waals surface area contributed by atoms with Crippen LogP contribution in [0.4, 0.5) is 0 Å². The molecule has 0 aromatic heterocycles. The molecule has 2 rings (SSSR count). The van der Waals surface area contributed by atoms with E-state index in [4.69, 9.17) is 11.1 Å². The highest BCUT2D eigenvalue weighted by Crippen LogP contribution is 2.08. The number of amidine groups is 1. The number of carbonyl (C=O) groups excluding carboxylic acids is 3. The van der Waals surface area contributed by atoms with Gasteiger partial charge in [0, 0.05) is 25.5 Å². The number of hydrogen-bond donors (Lipinski definition) is 6. The maximum atomic E-state index is 12.7. The minimum atomic E-state index is -1.54. The number of carbonyl (C=O) groups is 5. The van der Waals surface area contributed by atoms with Crippen molar-refractivity contribution in [3.05, 3.63) is 71.3 Å². The van der Waals surface area contributed by atoms with Gasteiger partial charge in [0.2, 0.25) is 17.7 Å². The fraction of sp³-hybridized carbons (Fsp3) is 0.308. The predicted molar refractivity (Wildman–Crippen MR) is 137 cm³/mol. The quantitative estimate of drug-likeness (QED) is 0.147. The third kappa shape index (κ3) is 9.72. The monoisotopic (exact) mass is 525 g/mol. The van der Waals surface area contributed by atoms with Crippen molar-refractivity contribution < 1.29 is 34.2 Å². The highest BCUT2D eigenvalue weighted by atomic mass is 16.4. The molecule has 2 aromatic rings. The second kappa shape index (κ2) is 14.1. The molecule has 0 aliphatic carbocycles. The Balaban J connectivity index is 1.94. The first-order valence-electron chi connectivity index (χ1n) is 11.7. The third-order valence-corrected chi connectivity index (χ3v) is 5.63. The number of nitrogens with zero attached hydrogens (tertiary/aromatic N) is 1. The number of likely N-dealkylation sites (N-methyl/N-ethyl adjacent to an activating group) is 1. The molecule has 2 atom stereocenters. The molecule has 0 heterocycles. The smallest absolute Gasteiger partial charge is 0.326 e. The molecule has 202 valence electrons. The molecule has 38 heavy (non-hydrogen) atoms. The average Bonchev–Trinajstić information content (AvgIpc) is 2.86. The summed E-state index contributed by atoms with van der Waals surface area (Å²) in [4.78, 5) is 61.8. The summed E-state index contributed by atoms with van der Waals surface area (Å²) in [6.07, 6.45) is -0.347. The molecule has 0 radical (unpaired) electrons. The highest BCUT2D eigenvalue weighted by molar-refractivity contribution is 5.95. The minimum Gasteiger partial charge on any atom is -0.481 e. The average molecular weight is 526 g/mol. The lowest BCUT2D eigenvalue weighted by Gasteiger charge is -2.22. The van der Waals surface area contributed by atoms with E-state index in [1.165, 1.54) is 7.05 Å². The standard InChI is InChI=1S/C26H31N5O7/c1-31(22(33)12-9-16-7-10-18(11-8-16)24(27)28)15-21(32)29-19(14-23(34)35)25(36)30-20(26(37)38)13-17-5-3-2-4-6-17/h2-8,10-11,19-20H,9,12-15H2,1H3,(H3,27,28)(H,29,32)(H,30,36)(H,34,35)(H,37,38)/t19-,20-/m0/s1. The molecule has 12 heteroatoms. The number of hydrogen-bond acceptors (Lipinski definition) is 6. The van der Waals surface area contributed by atoms with E-state index in [-0.39, 0.29) is 24.6 Å². The van der Waals surface area contributed by atoms with E-state index >= 15 is 0 Å². The summed E-state index contributed by atoms with van der Waals surface area (Å²) < 4.78 is 0. The molecule has 12 nitrogen and oxygen atoms in total. The zero-order valence-electron chi connectivity index (χ0n) is 20.8. The zero-order chi connectivity index (χ0) is 28.2. The van der Waals surface area contributed by atoms with Gasteiger partial charge < -0.3 is 31.5 Å². The Hall–Kier alpha value is -4.74. The van der Waals surface area contributed by atoms with Crippen LogP contribution >= 0.6 is 0 Å². The summed E-state index contributed by atoms with van der Waals surface area (Å²) >= 11 is 0. The van der Waals surface area contributed by atoms with E-state index < -0.39 is 48.8 Å². The lowest BCUT2D eigenvalue weighted by molar-refractivity contribution is -0.143. The predicted octanol–water partition coefficient (Wildman–Crippen LogP) is 0.133. The molecule has 0 spiro atoms. The van der Waals surface area contributed by atoms with Crippen molar-refractivity contribution in [3.8, 4) is 0 Å². The summed E-state index contributed by atoms with van der Waals surface area (Å²) in [7, 11) is 1.40. The Morgan fingerprint density at radius 2 is 1.55 bits per heavy atom. The Labute approximate surface area is 219 Å². The SMILES string of the molecule is CN(CC(=O)N[C@@H](CC(=O)O)C(=O)N[C@@H](Cc1ccccc1)C(=O)O)C(=O)CCc1ccc(C(=N)N)cc1. The van der Waals surface area contributed by atoms with Gasteiger partial charge >= 0.3 is 11.9 Å². The van der Waals surface area contributed by atoms with E-state index in [1.807, 2.05) is 0 Å². The Kier molecular flexibility index (Phi) is 11.0. The van der Waals surface area contributed by atoms with Gasteiger partial charge in [0.25, 0.3) is 0 Å². The molecular formula is C26H31N5O7. The molecule has 0 aliphatic heterocycles. The number of amides is 3. The number of carboxylic acid groups (broad SMARTS) is 2. The van der Waals surface area contributed by atoms with Crippen LogP contribution < -0.4 is 16.4 Å². The van der Waals surface area contributed by atoms with Crippen LogP contribution in [-0.4, -0.2) is 76.3 Å². The van der Waals surface area contributed by atoms with Crippen LogP contribution in [-0.2, 0) is 36.8 Å². The summed E-state index contributed by atoms with van der Waals surface area (Å²) in [6.45, 7) is -0.433. The van der Waals surface area contributed by atoms with Crippen LogP contribution in [0.1, 0.15) is 29.5 Å². The normalized spacial score (nSPS) is 12.0. The third-order valence-electron chi connectivity index (χ3n) is 5.63. The number of rotatable bonds is 14. The van der Waals surface area contributed by atoms with E-state index in [9.17, 15) is 34.2 Å². The van der Waals surface area contributed by atoms with Gasteiger partial charge in [-0.2, -0.15) is 0 Å². The van der Waals surface area contributed by atoms with Crippen LogP contribution in [0.3, 0.4) is 0 Å². The fourth-order valence-corrected chi connectivity index (χ4v) is 3.54. The number of aliphatic carboxylic acids is 2. The molecule has 0 aliphatic rings. The number of nitrogens with one attached hydrogen (secondary N) is 3. The lowest BCUT2D eigenvalue weighted by Crippen LogP contribution is -2.54. The summed E-state index contributed by atoms with van der Waals surface area (Å²) in [5.41, 5.74) is 7.46. The highest BCUT2D eigenvalue weighted by Gasteiger charge is 2.29. The largest absolute Gasteiger partial charge is 0.481 e. The number of nitrogen functional groups attached to an aromatic ring is 1. The minimum absolute atomic E-state index is 0.0373. The lowest BCUT2D eigenvalue weighted by atomic mass is 10.1. The maximum Gasteiger partial charge on any atom is 0.326 e. The molecule has 2 aromatic carbocycles. The Morgan fingerprint density at radius 3 is 2.11 bits per heavy atom. The summed E-state index contributed by atoms with van der Waals surface area (Å²) in [5.74, 6) is -4.86. The van der Waals surface area contributed by atoms with Gasteiger partial charge in [0.1, 0.15) is 17.9 Å². The fourth-order valence-electron chi connectivity index (χ4n) is 3.54. The molecule has 0 saturated carbocycles. The number of nitrogens with two attached hydrogens (primary N) is 1. The molecule has 0 saturated heterocycles. The molecule has 0 bridgehead atoms. The first-order valence-corrected chi connectivity index (χ1v) is 11.7. The van der Waals surface area contributed by atoms with Crippen LogP contribution in [0, 0.1) is 5.41 Å². The first-order chi connectivity index (χ1) is 18.0. The summed E-state index contributed by atoms with van der Waals surface area (Å²) in [5, 5.41) is 30.7. The number of carboxylic acids is 2. The van der Waals surface area contributed by atoms with E-state index in [2.05, 4.69) is 10.6 Å². The number of aryl methyl sites for hydroxylation is 1. The van der Waals surface area contributed by atoms with Crippen molar-refractivity contribution in [1.29, 1.82) is 5.41 Å². The van der Waals surface area contributed by atoms with Crippen molar-refractivity contribution in [2.45, 2.75) is 37.8 Å². The zero-order valence-corrected chi connectivity index (χ0v) is 20.8. The maximum absolute atomic E-state index is 12.7. The van der Waals surface area contributed by atoms with Crippen LogP contribution in [0.5, 0.6) is 0 Å². The second-order valence-electron chi connectivity index (χ2n) is 8.67. The van der Waals surface area contributed by atoms with E-state index in [0.29, 0.717) is 17.5 Å². The van der Waals surface area contributed by atoms with Gasteiger partial charge in [0.05, 0.1) is 13.0 Å². The van der Waals surface area contributed by atoms with Gasteiger partial charge in [-0.15, -0.1) is 0 Å². The molecule has 0 unspecified atom stereocenters. The van der Waals surface area contributed by atoms with Crippen molar-refractivity contribution in [1.82, 2.24) is 15.5 Å². The van der Waals surface area contributed by atoms with Crippen molar-refractivity contribution in [2.24, 2.45) is 5.73 Å². The van der Waals surface area contributed by atoms with Crippen molar-refractivity contribution in [2.75, 3.05) is 13.6 Å². The van der Waals surface area contributed by atoms with Gasteiger partial charge in [-0.05, 0) is 17.5 Å². The van der Waals surface area contributed by atoms with Crippen LogP contribution in [0.2, 0.25) is 0 Å².